The van der Waals surface area contributed by atoms with Crippen LogP contribution in [0.4, 0.5) is 5.13 Å². The van der Waals surface area contributed by atoms with E-state index in [0.29, 0.717) is 6.04 Å². The van der Waals surface area contributed by atoms with Crippen LogP contribution in [0.1, 0.15) is 51.3 Å². The van der Waals surface area contributed by atoms with Gasteiger partial charge in [0.2, 0.25) is 5.13 Å². The molecule has 2 fully saturated rings. The van der Waals surface area contributed by atoms with Gasteiger partial charge in [-0.15, -0.1) is 0 Å². The zero-order valence-electron chi connectivity index (χ0n) is 10.9. The van der Waals surface area contributed by atoms with Crippen molar-refractivity contribution in [2.45, 2.75) is 63.5 Å². The quantitative estimate of drug-likeness (QED) is 0.914. The summed E-state index contributed by atoms with van der Waals surface area (Å²) in [6.07, 6.45) is 8.26. The van der Waals surface area contributed by atoms with E-state index in [2.05, 4.69) is 21.6 Å². The summed E-state index contributed by atoms with van der Waals surface area (Å²) >= 11 is 1.49. The van der Waals surface area contributed by atoms with Crippen LogP contribution in [0.3, 0.4) is 0 Å². The van der Waals surface area contributed by atoms with Gasteiger partial charge in [0, 0.05) is 30.6 Å². The van der Waals surface area contributed by atoms with Crippen molar-refractivity contribution in [2.75, 3.05) is 11.9 Å². The molecule has 1 aromatic rings. The van der Waals surface area contributed by atoms with Gasteiger partial charge in [-0.05, 0) is 25.7 Å². The lowest BCUT2D eigenvalue weighted by Crippen LogP contribution is -2.42. The van der Waals surface area contributed by atoms with Crippen molar-refractivity contribution in [3.8, 4) is 0 Å². The largest absolute Gasteiger partial charge is 0.375 e. The zero-order valence-corrected chi connectivity index (χ0v) is 11.8. The molecule has 1 N–H and O–H groups in total. The number of nitrogens with zero attached hydrogens (tertiary/aromatic N) is 2. The Morgan fingerprint density at radius 1 is 1.44 bits per heavy atom. The third-order valence-corrected chi connectivity index (χ3v) is 4.80. The summed E-state index contributed by atoms with van der Waals surface area (Å²) in [6, 6.07) is 0.509. The molecule has 1 unspecified atom stereocenters. The van der Waals surface area contributed by atoms with Gasteiger partial charge in [-0.1, -0.05) is 19.8 Å². The third kappa shape index (κ3) is 2.52. The molecule has 1 atom stereocenters. The smallest absolute Gasteiger partial charge is 0.202 e. The van der Waals surface area contributed by atoms with Crippen LogP contribution in [-0.2, 0) is 11.2 Å². The first kappa shape index (κ1) is 12.4. The molecule has 0 aromatic carbocycles. The summed E-state index contributed by atoms with van der Waals surface area (Å²) in [5.74, 6) is 0.949. The van der Waals surface area contributed by atoms with Gasteiger partial charge in [-0.25, -0.2) is 4.98 Å². The van der Waals surface area contributed by atoms with Gasteiger partial charge in [0.05, 0.1) is 5.60 Å². The number of anilines is 1. The Kier molecular flexibility index (Phi) is 3.52. The summed E-state index contributed by atoms with van der Waals surface area (Å²) in [5.41, 5.74) is 0.175. The Balaban J connectivity index is 1.62. The molecular weight excluding hydrogens is 246 g/mol. The van der Waals surface area contributed by atoms with Crippen LogP contribution in [0.15, 0.2) is 0 Å². The van der Waals surface area contributed by atoms with Crippen molar-refractivity contribution in [1.29, 1.82) is 0 Å². The van der Waals surface area contributed by atoms with Crippen LogP contribution in [0.5, 0.6) is 0 Å². The molecule has 0 radical (unpaired) electrons. The van der Waals surface area contributed by atoms with Crippen LogP contribution in [0.25, 0.3) is 0 Å². The van der Waals surface area contributed by atoms with Crippen molar-refractivity contribution in [3.63, 3.8) is 0 Å². The monoisotopic (exact) mass is 267 g/mol. The maximum absolute atomic E-state index is 6.05. The lowest BCUT2D eigenvalue weighted by molar-refractivity contribution is -0.0767. The average molecular weight is 267 g/mol. The SMILES string of the molecule is CCc1nsc(NC2CCOC3(CCCC3)C2)n1. The Morgan fingerprint density at radius 3 is 3.00 bits per heavy atom. The number of nitrogens with one attached hydrogen (secondary N) is 1. The highest BCUT2D eigenvalue weighted by atomic mass is 32.1. The predicted molar refractivity (Wildman–Crippen MR) is 73.1 cm³/mol. The van der Waals surface area contributed by atoms with Crippen LogP contribution in [-0.4, -0.2) is 27.6 Å². The van der Waals surface area contributed by atoms with Crippen LogP contribution in [0, 0.1) is 0 Å². The number of ether oxygens (including phenoxy) is 1. The third-order valence-electron chi connectivity index (χ3n) is 4.12. The van der Waals surface area contributed by atoms with Crippen molar-refractivity contribution in [3.05, 3.63) is 5.82 Å². The van der Waals surface area contributed by atoms with Gasteiger partial charge in [-0.2, -0.15) is 4.37 Å². The van der Waals surface area contributed by atoms with E-state index in [0.717, 1.165) is 36.8 Å². The summed E-state index contributed by atoms with van der Waals surface area (Å²) in [4.78, 5) is 4.49. The molecule has 1 saturated carbocycles. The van der Waals surface area contributed by atoms with Crippen molar-refractivity contribution in [2.24, 2.45) is 0 Å². The van der Waals surface area contributed by atoms with Gasteiger partial charge in [0.15, 0.2) is 0 Å². The molecule has 2 heterocycles. The topological polar surface area (TPSA) is 47.0 Å². The molecule has 5 heteroatoms. The molecule has 18 heavy (non-hydrogen) atoms. The van der Waals surface area contributed by atoms with E-state index in [1.165, 1.54) is 37.2 Å². The van der Waals surface area contributed by atoms with E-state index >= 15 is 0 Å². The van der Waals surface area contributed by atoms with Gasteiger partial charge < -0.3 is 10.1 Å². The molecule has 4 nitrogen and oxygen atoms in total. The van der Waals surface area contributed by atoms with E-state index < -0.39 is 0 Å². The number of aromatic nitrogens is 2. The van der Waals surface area contributed by atoms with Gasteiger partial charge in [0.1, 0.15) is 5.82 Å². The first-order valence-corrected chi connectivity index (χ1v) is 7.80. The second-order valence-electron chi connectivity index (χ2n) is 5.44. The highest BCUT2D eigenvalue weighted by Crippen LogP contribution is 2.40. The Labute approximate surface area is 112 Å². The number of hydrogen-bond acceptors (Lipinski definition) is 5. The van der Waals surface area contributed by atoms with Crippen molar-refractivity contribution < 1.29 is 4.74 Å². The molecule has 2 aliphatic rings. The molecule has 1 aliphatic carbocycles. The zero-order chi connectivity index (χ0) is 12.4. The molecule has 1 saturated heterocycles. The highest BCUT2D eigenvalue weighted by Gasteiger charge is 2.40. The molecule has 3 rings (SSSR count). The second kappa shape index (κ2) is 5.13. The van der Waals surface area contributed by atoms with Gasteiger partial charge in [-0.3, -0.25) is 0 Å². The summed E-state index contributed by atoms with van der Waals surface area (Å²) in [5, 5.41) is 4.53. The Hall–Kier alpha value is -0.680. The van der Waals surface area contributed by atoms with Crippen molar-refractivity contribution in [1.82, 2.24) is 9.36 Å². The summed E-state index contributed by atoms with van der Waals surface area (Å²) in [6.45, 7) is 2.98. The Bertz CT molecular complexity index is 401. The highest BCUT2D eigenvalue weighted by molar-refractivity contribution is 7.09. The lowest BCUT2D eigenvalue weighted by atomic mass is 9.89. The summed E-state index contributed by atoms with van der Waals surface area (Å²) in [7, 11) is 0. The maximum atomic E-state index is 6.05. The normalized spacial score (nSPS) is 26.6. The molecular formula is C13H21N3OS. The average Bonchev–Trinajstić information content (AvgIpc) is 2.99. The first-order chi connectivity index (χ1) is 8.80. The van der Waals surface area contributed by atoms with Crippen molar-refractivity contribution >= 4 is 16.7 Å². The fourth-order valence-corrected chi connectivity index (χ4v) is 3.88. The van der Waals surface area contributed by atoms with Crippen LogP contribution >= 0.6 is 11.5 Å². The lowest BCUT2D eigenvalue weighted by Gasteiger charge is -2.38. The predicted octanol–water partition coefficient (Wildman–Crippen LogP) is 3.00. The minimum Gasteiger partial charge on any atom is -0.375 e. The first-order valence-electron chi connectivity index (χ1n) is 7.03. The van der Waals surface area contributed by atoms with Crippen LogP contribution < -0.4 is 5.32 Å². The molecule has 0 amide bonds. The van der Waals surface area contributed by atoms with E-state index in [1.807, 2.05) is 0 Å². The fourth-order valence-electron chi connectivity index (χ4n) is 3.15. The standard InChI is InChI=1S/C13H21N3OS/c1-2-11-15-12(18-16-11)14-10-5-8-17-13(9-10)6-3-4-7-13/h10H,2-9H2,1H3,(H,14,15,16). The molecule has 0 bridgehead atoms. The number of aryl methyl sites for hydroxylation is 1. The summed E-state index contributed by atoms with van der Waals surface area (Å²) < 4.78 is 10.4. The fraction of sp³-hybridized carbons (Fsp3) is 0.846. The Morgan fingerprint density at radius 2 is 2.28 bits per heavy atom. The van der Waals surface area contributed by atoms with E-state index in [4.69, 9.17) is 4.74 Å². The molecule has 1 aromatic heterocycles. The number of rotatable bonds is 3. The van der Waals surface area contributed by atoms with Crippen LogP contribution in [0.2, 0.25) is 0 Å². The minimum atomic E-state index is 0.175. The van der Waals surface area contributed by atoms with E-state index in [-0.39, 0.29) is 5.60 Å². The van der Waals surface area contributed by atoms with E-state index in [1.54, 1.807) is 0 Å². The minimum absolute atomic E-state index is 0.175. The van der Waals surface area contributed by atoms with Gasteiger partial charge >= 0.3 is 0 Å². The number of hydrogen-bond donors (Lipinski definition) is 1. The van der Waals surface area contributed by atoms with Gasteiger partial charge in [0.25, 0.3) is 0 Å². The maximum Gasteiger partial charge on any atom is 0.202 e. The molecule has 100 valence electrons. The van der Waals surface area contributed by atoms with E-state index in [9.17, 15) is 0 Å². The molecule has 1 aliphatic heterocycles. The molecule has 1 spiro atoms. The second-order valence-corrected chi connectivity index (χ2v) is 6.19.